The maximum atomic E-state index is 14.3. The van der Waals surface area contributed by atoms with Crippen molar-refractivity contribution < 1.29 is 18.7 Å². The van der Waals surface area contributed by atoms with E-state index < -0.39 is 23.6 Å². The number of carboxylic acids is 1. The molecule has 0 spiro atoms. The van der Waals surface area contributed by atoms with Gasteiger partial charge in [-0.05, 0) is 24.8 Å². The van der Waals surface area contributed by atoms with Gasteiger partial charge in [0.25, 0.3) is 0 Å². The van der Waals surface area contributed by atoms with E-state index in [1.54, 1.807) is 6.20 Å². The van der Waals surface area contributed by atoms with E-state index in [1.165, 1.54) is 6.07 Å². The summed E-state index contributed by atoms with van der Waals surface area (Å²) in [5.74, 6) is -1.82. The molecule has 9 heteroatoms. The largest absolute Gasteiger partial charge is 0.481 e. The quantitative estimate of drug-likeness (QED) is 0.612. The van der Waals surface area contributed by atoms with Crippen LogP contribution in [0, 0.1) is 17.6 Å². The van der Waals surface area contributed by atoms with E-state index in [0.29, 0.717) is 16.6 Å². The molecule has 1 fully saturated rings. The first-order chi connectivity index (χ1) is 13.0. The van der Waals surface area contributed by atoms with Crippen molar-refractivity contribution in [3.63, 3.8) is 0 Å². The van der Waals surface area contributed by atoms with Crippen LogP contribution in [-0.4, -0.2) is 37.1 Å². The Morgan fingerprint density at radius 2 is 2.15 bits per heavy atom. The SMILES string of the molecule is O=C(O)C[C@@H](Nc1nc(-c2c[nH]c3ncc(F)cc23)ncc1F)C1CCC1. The van der Waals surface area contributed by atoms with Gasteiger partial charge in [-0.2, -0.15) is 0 Å². The number of carboxylic acid groups (broad SMARTS) is 1. The van der Waals surface area contributed by atoms with Crippen molar-refractivity contribution in [1.29, 1.82) is 0 Å². The minimum Gasteiger partial charge on any atom is -0.481 e. The number of hydrogen-bond donors (Lipinski definition) is 3. The molecule has 3 heterocycles. The predicted molar refractivity (Wildman–Crippen MR) is 94.0 cm³/mol. The highest BCUT2D eigenvalue weighted by molar-refractivity contribution is 5.91. The van der Waals surface area contributed by atoms with Gasteiger partial charge in [0, 0.05) is 23.2 Å². The Balaban J connectivity index is 1.68. The lowest BCUT2D eigenvalue weighted by Crippen LogP contribution is -2.36. The number of anilines is 1. The number of nitrogens with one attached hydrogen (secondary N) is 2. The number of H-pyrrole nitrogens is 1. The first-order valence-electron chi connectivity index (χ1n) is 8.65. The fourth-order valence-corrected chi connectivity index (χ4v) is 3.30. The maximum Gasteiger partial charge on any atom is 0.305 e. The number of aromatic nitrogens is 4. The number of aromatic amines is 1. The Morgan fingerprint density at radius 3 is 2.85 bits per heavy atom. The van der Waals surface area contributed by atoms with Crippen molar-refractivity contribution in [3.05, 3.63) is 36.3 Å². The van der Waals surface area contributed by atoms with E-state index in [2.05, 4.69) is 25.3 Å². The van der Waals surface area contributed by atoms with Crippen LogP contribution in [0.2, 0.25) is 0 Å². The fourth-order valence-electron chi connectivity index (χ4n) is 3.30. The monoisotopic (exact) mass is 373 g/mol. The van der Waals surface area contributed by atoms with Crippen molar-refractivity contribution in [3.8, 4) is 11.4 Å². The van der Waals surface area contributed by atoms with Crippen LogP contribution >= 0.6 is 0 Å². The molecule has 4 rings (SSSR count). The summed E-state index contributed by atoms with van der Waals surface area (Å²) in [6.45, 7) is 0. The van der Waals surface area contributed by atoms with E-state index in [4.69, 9.17) is 5.11 Å². The molecule has 0 radical (unpaired) electrons. The Labute approximate surface area is 152 Å². The van der Waals surface area contributed by atoms with Gasteiger partial charge in [0.15, 0.2) is 17.5 Å². The van der Waals surface area contributed by atoms with Crippen molar-refractivity contribution in [1.82, 2.24) is 19.9 Å². The topological polar surface area (TPSA) is 104 Å². The van der Waals surface area contributed by atoms with Gasteiger partial charge < -0.3 is 15.4 Å². The zero-order valence-electron chi connectivity index (χ0n) is 14.2. The van der Waals surface area contributed by atoms with E-state index >= 15 is 0 Å². The van der Waals surface area contributed by atoms with E-state index in [1.807, 2.05) is 0 Å². The molecule has 0 amide bonds. The van der Waals surface area contributed by atoms with Crippen LogP contribution in [0.3, 0.4) is 0 Å². The van der Waals surface area contributed by atoms with Crippen LogP contribution in [0.1, 0.15) is 25.7 Å². The molecule has 140 valence electrons. The molecule has 1 aliphatic rings. The summed E-state index contributed by atoms with van der Waals surface area (Å²) < 4.78 is 27.8. The van der Waals surface area contributed by atoms with Crippen molar-refractivity contribution in [2.24, 2.45) is 5.92 Å². The molecule has 3 aromatic rings. The van der Waals surface area contributed by atoms with Gasteiger partial charge >= 0.3 is 5.97 Å². The molecule has 1 saturated carbocycles. The first kappa shape index (κ1) is 17.3. The number of fused-ring (bicyclic) bond motifs is 1. The molecule has 0 aliphatic heterocycles. The second-order valence-corrected chi connectivity index (χ2v) is 6.68. The summed E-state index contributed by atoms with van der Waals surface area (Å²) in [6, 6.07) is 0.894. The molecule has 0 aromatic carbocycles. The van der Waals surface area contributed by atoms with Crippen LogP contribution in [0.4, 0.5) is 14.6 Å². The standard InChI is InChI=1S/C18H17F2N5O2/c19-10-4-11-12(7-22-16(11)21-6-10)17-23-8-13(20)18(25-17)24-14(5-15(26)27)9-2-1-3-9/h4,6-9,14H,1-3,5H2,(H,21,22)(H,26,27)(H,23,24,25)/t14-/m1/s1. The molecule has 1 aliphatic carbocycles. The highest BCUT2D eigenvalue weighted by Crippen LogP contribution is 2.33. The highest BCUT2D eigenvalue weighted by atomic mass is 19.1. The molecule has 7 nitrogen and oxygen atoms in total. The van der Waals surface area contributed by atoms with Gasteiger partial charge in [-0.15, -0.1) is 0 Å². The zero-order valence-corrected chi connectivity index (χ0v) is 14.2. The third kappa shape index (κ3) is 3.44. The Hall–Kier alpha value is -3.10. The third-order valence-electron chi connectivity index (χ3n) is 4.92. The average molecular weight is 373 g/mol. The summed E-state index contributed by atoms with van der Waals surface area (Å²) in [7, 11) is 0. The maximum absolute atomic E-state index is 14.3. The Kier molecular flexibility index (Phi) is 4.43. The Bertz CT molecular complexity index is 1000. The van der Waals surface area contributed by atoms with Gasteiger partial charge in [-0.3, -0.25) is 4.79 Å². The minimum atomic E-state index is -0.952. The minimum absolute atomic E-state index is 0.0585. The smallest absolute Gasteiger partial charge is 0.305 e. The van der Waals surface area contributed by atoms with Crippen LogP contribution in [-0.2, 0) is 4.79 Å². The van der Waals surface area contributed by atoms with Crippen molar-refractivity contribution in [2.45, 2.75) is 31.7 Å². The first-order valence-corrected chi connectivity index (χ1v) is 8.65. The number of rotatable bonds is 6. The third-order valence-corrected chi connectivity index (χ3v) is 4.92. The molecule has 0 bridgehead atoms. The molecule has 27 heavy (non-hydrogen) atoms. The fraction of sp³-hybridized carbons (Fsp3) is 0.333. The van der Waals surface area contributed by atoms with Gasteiger partial charge in [-0.25, -0.2) is 23.7 Å². The number of nitrogens with zero attached hydrogens (tertiary/aromatic N) is 3. The lowest BCUT2D eigenvalue weighted by molar-refractivity contribution is -0.137. The number of hydrogen-bond acceptors (Lipinski definition) is 5. The van der Waals surface area contributed by atoms with Crippen LogP contribution < -0.4 is 5.32 Å². The summed E-state index contributed by atoms with van der Waals surface area (Å²) >= 11 is 0. The Morgan fingerprint density at radius 1 is 1.33 bits per heavy atom. The van der Waals surface area contributed by atoms with Crippen molar-refractivity contribution >= 4 is 22.8 Å². The van der Waals surface area contributed by atoms with Gasteiger partial charge in [0.2, 0.25) is 0 Å². The van der Waals surface area contributed by atoms with E-state index in [0.717, 1.165) is 31.7 Å². The van der Waals surface area contributed by atoms with Crippen LogP contribution in [0.5, 0.6) is 0 Å². The second kappa shape index (κ2) is 6.90. The van der Waals surface area contributed by atoms with E-state index in [-0.39, 0.29) is 24.0 Å². The highest BCUT2D eigenvalue weighted by Gasteiger charge is 2.30. The lowest BCUT2D eigenvalue weighted by atomic mass is 9.78. The summed E-state index contributed by atoms with van der Waals surface area (Å²) in [4.78, 5) is 26.2. The molecule has 3 aromatic heterocycles. The molecule has 0 unspecified atom stereocenters. The molecular weight excluding hydrogens is 356 g/mol. The van der Waals surface area contributed by atoms with Gasteiger partial charge in [0.05, 0.1) is 18.8 Å². The number of pyridine rings is 1. The van der Waals surface area contributed by atoms with Gasteiger partial charge in [-0.1, -0.05) is 6.42 Å². The molecule has 1 atom stereocenters. The number of halogens is 2. The number of aliphatic carboxylic acids is 1. The summed E-state index contributed by atoms with van der Waals surface area (Å²) in [5, 5.41) is 12.6. The summed E-state index contributed by atoms with van der Waals surface area (Å²) in [6.07, 6.45) is 6.41. The van der Waals surface area contributed by atoms with Crippen LogP contribution in [0.15, 0.2) is 24.7 Å². The molecule has 3 N–H and O–H groups in total. The average Bonchev–Trinajstić information content (AvgIpc) is 2.97. The van der Waals surface area contributed by atoms with E-state index in [9.17, 15) is 13.6 Å². The molecule has 0 saturated heterocycles. The van der Waals surface area contributed by atoms with Crippen molar-refractivity contribution in [2.75, 3.05) is 5.32 Å². The number of carbonyl (C=O) groups is 1. The lowest BCUT2D eigenvalue weighted by Gasteiger charge is -2.33. The van der Waals surface area contributed by atoms with Gasteiger partial charge in [0.1, 0.15) is 11.5 Å². The summed E-state index contributed by atoms with van der Waals surface area (Å²) in [5.41, 5.74) is 0.950. The normalized spacial score (nSPS) is 15.5. The van der Waals surface area contributed by atoms with Crippen LogP contribution in [0.25, 0.3) is 22.4 Å². The molecular formula is C18H17F2N5O2. The zero-order chi connectivity index (χ0) is 19.0. The predicted octanol–water partition coefficient (Wildman–Crippen LogP) is 3.35. The second-order valence-electron chi connectivity index (χ2n) is 6.68.